The van der Waals surface area contributed by atoms with Crippen LogP contribution in [-0.4, -0.2) is 37.7 Å². The monoisotopic (exact) mass is 428 g/mol. The van der Waals surface area contributed by atoms with Crippen molar-refractivity contribution < 1.29 is 22.7 Å². The molecular weight excluding hydrogens is 404 g/mol. The Morgan fingerprint density at radius 1 is 1.18 bits per heavy atom. The zero-order chi connectivity index (χ0) is 20.9. The quantitative estimate of drug-likeness (QED) is 0.589. The summed E-state index contributed by atoms with van der Waals surface area (Å²) in [5.74, 6) is 0.585. The zero-order valence-corrected chi connectivity index (χ0v) is 18.0. The van der Waals surface area contributed by atoms with Crippen molar-refractivity contribution in [3.05, 3.63) is 23.8 Å². The van der Waals surface area contributed by atoms with Gasteiger partial charge >= 0.3 is 0 Å². The van der Waals surface area contributed by atoms with Crippen LogP contribution in [0.25, 0.3) is 0 Å². The van der Waals surface area contributed by atoms with Crippen molar-refractivity contribution in [2.75, 3.05) is 12.4 Å². The van der Waals surface area contributed by atoms with Gasteiger partial charge < -0.3 is 14.8 Å². The maximum Gasteiger partial charge on any atom is 0.270 e. The molecule has 2 N–H and O–H groups in total. The summed E-state index contributed by atoms with van der Waals surface area (Å²) in [7, 11) is -2.35. The molecule has 9 nitrogen and oxygen atoms in total. The summed E-state index contributed by atoms with van der Waals surface area (Å²) in [6, 6.07) is 5.18. The lowest BCUT2D eigenvalue weighted by molar-refractivity contribution is -0.118. The molecule has 0 spiro atoms. The Hall–Kier alpha value is -2.24. The molecule has 0 aliphatic rings. The first-order valence-corrected chi connectivity index (χ1v) is 10.9. The summed E-state index contributed by atoms with van der Waals surface area (Å²) in [6.45, 7) is 7.29. The molecule has 1 heterocycles. The van der Waals surface area contributed by atoms with Crippen LogP contribution >= 0.6 is 11.3 Å². The molecule has 1 aromatic heterocycles. The third kappa shape index (κ3) is 5.88. The number of ether oxygens (including phenoxy) is 2. The SMILES string of the molecule is COc1cc(CNS(=O)(=O)c2nnc(NC(=O)C(C)C)s2)ccc1OC(C)C. The average Bonchev–Trinajstić information content (AvgIpc) is 3.09. The summed E-state index contributed by atoms with van der Waals surface area (Å²) < 4.78 is 38.0. The number of hydrogen-bond acceptors (Lipinski definition) is 8. The van der Waals surface area contributed by atoms with Crippen molar-refractivity contribution in [3.63, 3.8) is 0 Å². The molecule has 1 aromatic carbocycles. The normalized spacial score (nSPS) is 11.7. The van der Waals surface area contributed by atoms with E-state index in [1.165, 1.54) is 7.11 Å². The Kier molecular flexibility index (Phi) is 7.33. The molecule has 0 aliphatic carbocycles. The minimum absolute atomic E-state index is 0.0129. The Labute approximate surface area is 168 Å². The molecule has 154 valence electrons. The molecule has 0 radical (unpaired) electrons. The molecule has 0 bridgehead atoms. The van der Waals surface area contributed by atoms with Gasteiger partial charge in [-0.25, -0.2) is 13.1 Å². The number of carbonyl (C=O) groups is 1. The standard InChI is InChI=1S/C17H24N4O5S2/c1-10(2)15(22)19-16-20-21-17(27-16)28(23,24)18-9-12-6-7-13(26-11(3)4)14(8-12)25-5/h6-8,10-11,18H,9H2,1-5H3,(H,19,20,22). The van der Waals surface area contributed by atoms with Crippen LogP contribution < -0.4 is 19.5 Å². The first kappa shape index (κ1) is 22.1. The van der Waals surface area contributed by atoms with E-state index in [0.29, 0.717) is 17.1 Å². The van der Waals surface area contributed by atoms with Crippen LogP contribution in [0, 0.1) is 5.92 Å². The number of methoxy groups -OCH3 is 1. The number of nitrogens with zero attached hydrogens (tertiary/aromatic N) is 2. The van der Waals surface area contributed by atoms with Crippen LogP contribution in [-0.2, 0) is 21.4 Å². The first-order valence-electron chi connectivity index (χ1n) is 8.60. The lowest BCUT2D eigenvalue weighted by atomic mass is 10.2. The highest BCUT2D eigenvalue weighted by atomic mass is 32.2. The molecule has 1 amide bonds. The second-order valence-electron chi connectivity index (χ2n) is 6.49. The first-order chi connectivity index (χ1) is 13.1. The van der Waals surface area contributed by atoms with Crippen molar-refractivity contribution >= 4 is 32.4 Å². The van der Waals surface area contributed by atoms with Crippen molar-refractivity contribution in [2.45, 2.75) is 44.7 Å². The highest BCUT2D eigenvalue weighted by Gasteiger charge is 2.21. The minimum atomic E-state index is -3.87. The lowest BCUT2D eigenvalue weighted by Crippen LogP contribution is -2.23. The van der Waals surface area contributed by atoms with Gasteiger partial charge in [0.25, 0.3) is 10.0 Å². The van der Waals surface area contributed by atoms with Crippen LogP contribution in [0.3, 0.4) is 0 Å². The summed E-state index contributed by atoms with van der Waals surface area (Å²) >= 11 is 0.788. The molecule has 11 heteroatoms. The maximum atomic E-state index is 12.4. The molecule has 0 unspecified atom stereocenters. The number of anilines is 1. The predicted molar refractivity (Wildman–Crippen MR) is 106 cm³/mol. The van der Waals surface area contributed by atoms with Gasteiger partial charge in [0.2, 0.25) is 15.4 Å². The van der Waals surface area contributed by atoms with Gasteiger partial charge in [0.15, 0.2) is 11.5 Å². The van der Waals surface area contributed by atoms with E-state index in [1.54, 1.807) is 32.0 Å². The van der Waals surface area contributed by atoms with E-state index in [-0.39, 0.29) is 33.9 Å². The topological polar surface area (TPSA) is 120 Å². The van der Waals surface area contributed by atoms with Gasteiger partial charge in [-0.05, 0) is 31.5 Å². The molecule has 2 rings (SSSR count). The van der Waals surface area contributed by atoms with E-state index in [0.717, 1.165) is 11.3 Å². The van der Waals surface area contributed by atoms with Gasteiger partial charge in [0.1, 0.15) is 0 Å². The maximum absolute atomic E-state index is 12.4. The van der Waals surface area contributed by atoms with E-state index in [1.807, 2.05) is 13.8 Å². The summed E-state index contributed by atoms with van der Waals surface area (Å²) in [4.78, 5) is 11.7. The number of nitrogens with one attached hydrogen (secondary N) is 2. The van der Waals surface area contributed by atoms with E-state index in [4.69, 9.17) is 9.47 Å². The van der Waals surface area contributed by atoms with E-state index >= 15 is 0 Å². The van der Waals surface area contributed by atoms with Gasteiger partial charge in [-0.3, -0.25) is 4.79 Å². The molecule has 28 heavy (non-hydrogen) atoms. The third-order valence-electron chi connectivity index (χ3n) is 3.45. The average molecular weight is 429 g/mol. The fourth-order valence-electron chi connectivity index (χ4n) is 2.03. The van der Waals surface area contributed by atoms with E-state index in [2.05, 4.69) is 20.2 Å². The van der Waals surface area contributed by atoms with Crippen LogP contribution in [0.2, 0.25) is 0 Å². The lowest BCUT2D eigenvalue weighted by Gasteiger charge is -2.14. The molecule has 2 aromatic rings. The fourth-order valence-corrected chi connectivity index (χ4v) is 3.99. The van der Waals surface area contributed by atoms with E-state index in [9.17, 15) is 13.2 Å². The number of hydrogen-bond donors (Lipinski definition) is 2. The van der Waals surface area contributed by atoms with Gasteiger partial charge in [-0.15, -0.1) is 10.2 Å². The predicted octanol–water partition coefficient (Wildman–Crippen LogP) is 2.41. The largest absolute Gasteiger partial charge is 0.493 e. The van der Waals surface area contributed by atoms with Crippen LogP contribution in [0.5, 0.6) is 11.5 Å². The summed E-state index contributed by atoms with van der Waals surface area (Å²) in [5.41, 5.74) is 0.689. The van der Waals surface area contributed by atoms with Gasteiger partial charge in [0.05, 0.1) is 13.2 Å². The molecule has 0 aliphatic heterocycles. The molecule has 0 saturated carbocycles. The van der Waals surface area contributed by atoms with Crippen LogP contribution in [0.15, 0.2) is 22.5 Å². The van der Waals surface area contributed by atoms with Crippen LogP contribution in [0.4, 0.5) is 5.13 Å². The molecular formula is C17H24N4O5S2. The summed E-state index contributed by atoms with van der Waals surface area (Å²) in [5, 5.41) is 10.0. The second-order valence-corrected chi connectivity index (χ2v) is 9.41. The fraction of sp³-hybridized carbons (Fsp3) is 0.471. The highest BCUT2D eigenvalue weighted by molar-refractivity contribution is 7.91. The summed E-state index contributed by atoms with van der Waals surface area (Å²) in [6.07, 6.45) is -0.0129. The Bertz CT molecular complexity index is 925. The van der Waals surface area contributed by atoms with Gasteiger partial charge in [0, 0.05) is 12.5 Å². The van der Waals surface area contributed by atoms with Crippen LogP contribution in [0.1, 0.15) is 33.3 Å². The number of amides is 1. The number of sulfonamides is 1. The third-order valence-corrected chi connectivity index (χ3v) is 6.06. The highest BCUT2D eigenvalue weighted by Crippen LogP contribution is 2.29. The number of rotatable bonds is 9. The van der Waals surface area contributed by atoms with Gasteiger partial charge in [-0.2, -0.15) is 0 Å². The van der Waals surface area contributed by atoms with E-state index < -0.39 is 10.0 Å². The molecule has 0 saturated heterocycles. The Morgan fingerprint density at radius 3 is 2.50 bits per heavy atom. The second kappa shape index (κ2) is 9.30. The van der Waals surface area contributed by atoms with Gasteiger partial charge in [-0.1, -0.05) is 31.3 Å². The zero-order valence-electron chi connectivity index (χ0n) is 16.3. The smallest absolute Gasteiger partial charge is 0.270 e. The number of benzene rings is 1. The molecule has 0 atom stereocenters. The minimum Gasteiger partial charge on any atom is -0.493 e. The number of aromatic nitrogens is 2. The van der Waals surface area contributed by atoms with Crippen molar-refractivity contribution in [1.29, 1.82) is 0 Å². The Morgan fingerprint density at radius 2 is 1.89 bits per heavy atom. The van der Waals surface area contributed by atoms with Crippen molar-refractivity contribution in [2.24, 2.45) is 5.92 Å². The number of carbonyl (C=O) groups excluding carboxylic acids is 1. The molecule has 0 fully saturated rings. The Balaban J connectivity index is 2.07. The van der Waals surface area contributed by atoms with Crippen molar-refractivity contribution in [3.8, 4) is 11.5 Å². The van der Waals surface area contributed by atoms with Crippen molar-refractivity contribution in [1.82, 2.24) is 14.9 Å².